The predicted molar refractivity (Wildman–Crippen MR) is 91.7 cm³/mol. The van der Waals surface area contributed by atoms with Crippen molar-refractivity contribution >= 4 is 17.7 Å². The molecule has 1 aromatic rings. The van der Waals surface area contributed by atoms with Crippen LogP contribution in [-0.4, -0.2) is 36.4 Å². The van der Waals surface area contributed by atoms with Gasteiger partial charge in [0, 0.05) is 24.8 Å². The summed E-state index contributed by atoms with van der Waals surface area (Å²) in [7, 11) is 0. The Morgan fingerprint density at radius 2 is 1.69 bits per heavy atom. The zero-order valence-corrected chi connectivity index (χ0v) is 15.2. The van der Waals surface area contributed by atoms with Gasteiger partial charge in [0.15, 0.2) is 0 Å². The molecule has 0 saturated heterocycles. The van der Waals surface area contributed by atoms with Gasteiger partial charge in [-0.3, -0.25) is 4.79 Å². The molecule has 1 unspecified atom stereocenters. The standard InChI is InChI=1S/C17H24F3N3O3/c1-11(23-15(25)26-16(2,3)4)9-21-13-7-5-12(6-8-13)10-22-14(24)17(18,19)20/h5-8,11,21H,9-10H2,1-4H3,(H,22,24)(H,23,25). The number of carbonyl (C=O) groups excluding carboxylic acids is 2. The van der Waals surface area contributed by atoms with Crippen molar-refractivity contribution in [3.63, 3.8) is 0 Å². The topological polar surface area (TPSA) is 79.5 Å². The Morgan fingerprint density at radius 1 is 1.12 bits per heavy atom. The van der Waals surface area contributed by atoms with E-state index in [2.05, 4.69) is 10.6 Å². The Hall–Kier alpha value is -2.45. The molecule has 0 aromatic heterocycles. The van der Waals surface area contributed by atoms with Crippen LogP contribution in [0.1, 0.15) is 33.3 Å². The zero-order valence-electron chi connectivity index (χ0n) is 15.2. The summed E-state index contributed by atoms with van der Waals surface area (Å²) in [4.78, 5) is 22.4. The molecule has 2 amide bonds. The van der Waals surface area contributed by atoms with Crippen molar-refractivity contribution in [2.24, 2.45) is 0 Å². The molecule has 0 fully saturated rings. The fourth-order valence-corrected chi connectivity index (χ4v) is 1.85. The first-order valence-electron chi connectivity index (χ1n) is 8.04. The van der Waals surface area contributed by atoms with Gasteiger partial charge in [0.1, 0.15) is 5.60 Å². The van der Waals surface area contributed by atoms with E-state index in [0.29, 0.717) is 12.1 Å². The quantitative estimate of drug-likeness (QED) is 0.714. The molecule has 1 aromatic carbocycles. The molecule has 0 bridgehead atoms. The van der Waals surface area contributed by atoms with Gasteiger partial charge < -0.3 is 20.7 Å². The number of carbonyl (C=O) groups is 2. The molecule has 0 spiro atoms. The molecule has 26 heavy (non-hydrogen) atoms. The summed E-state index contributed by atoms with van der Waals surface area (Å²) >= 11 is 0. The number of ether oxygens (including phenoxy) is 1. The van der Waals surface area contributed by atoms with Crippen LogP contribution < -0.4 is 16.0 Å². The van der Waals surface area contributed by atoms with Crippen LogP contribution in [0.2, 0.25) is 0 Å². The Bertz CT molecular complexity index is 610. The van der Waals surface area contributed by atoms with Crippen LogP contribution in [0.3, 0.4) is 0 Å². The van der Waals surface area contributed by atoms with E-state index in [0.717, 1.165) is 5.69 Å². The van der Waals surface area contributed by atoms with Crippen molar-refractivity contribution in [2.75, 3.05) is 11.9 Å². The highest BCUT2D eigenvalue weighted by molar-refractivity contribution is 5.81. The second-order valence-corrected chi connectivity index (χ2v) is 6.81. The van der Waals surface area contributed by atoms with Crippen molar-refractivity contribution in [3.05, 3.63) is 29.8 Å². The molecule has 0 radical (unpaired) electrons. The molecule has 0 aliphatic heterocycles. The van der Waals surface area contributed by atoms with E-state index in [1.165, 1.54) is 0 Å². The van der Waals surface area contributed by atoms with E-state index in [9.17, 15) is 22.8 Å². The average Bonchev–Trinajstić information content (AvgIpc) is 2.48. The number of alkyl halides is 3. The minimum Gasteiger partial charge on any atom is -0.444 e. The molecule has 1 rings (SSSR count). The minimum atomic E-state index is -4.89. The fourth-order valence-electron chi connectivity index (χ4n) is 1.85. The van der Waals surface area contributed by atoms with E-state index in [1.807, 2.05) is 0 Å². The van der Waals surface area contributed by atoms with Crippen molar-refractivity contribution < 1.29 is 27.5 Å². The average molecular weight is 375 g/mol. The lowest BCUT2D eigenvalue weighted by molar-refractivity contribution is -0.173. The molecule has 0 heterocycles. The minimum absolute atomic E-state index is 0.199. The Kier molecular flexibility index (Phi) is 7.29. The highest BCUT2D eigenvalue weighted by atomic mass is 19.4. The zero-order chi connectivity index (χ0) is 20.0. The van der Waals surface area contributed by atoms with Gasteiger partial charge in [0.05, 0.1) is 0 Å². The third-order valence-electron chi connectivity index (χ3n) is 3.04. The van der Waals surface area contributed by atoms with Crippen LogP contribution >= 0.6 is 0 Å². The summed E-state index contributed by atoms with van der Waals surface area (Å²) in [6, 6.07) is 6.36. The van der Waals surface area contributed by atoms with Crippen LogP contribution in [0.15, 0.2) is 24.3 Å². The molecule has 0 aliphatic carbocycles. The van der Waals surface area contributed by atoms with Crippen LogP contribution in [-0.2, 0) is 16.1 Å². The summed E-state index contributed by atoms with van der Waals surface area (Å²) in [6.45, 7) is 7.34. The first-order chi connectivity index (χ1) is 11.9. The number of hydrogen-bond acceptors (Lipinski definition) is 4. The lowest BCUT2D eigenvalue weighted by Crippen LogP contribution is -2.40. The van der Waals surface area contributed by atoms with Gasteiger partial charge in [-0.1, -0.05) is 12.1 Å². The van der Waals surface area contributed by atoms with Gasteiger partial charge in [0.2, 0.25) is 0 Å². The number of hydrogen-bond donors (Lipinski definition) is 3. The molecule has 9 heteroatoms. The van der Waals surface area contributed by atoms with E-state index in [4.69, 9.17) is 4.74 Å². The van der Waals surface area contributed by atoms with Crippen molar-refractivity contribution in [1.82, 2.24) is 10.6 Å². The molecule has 146 valence electrons. The summed E-state index contributed by atoms with van der Waals surface area (Å²) in [5.41, 5.74) is 0.691. The maximum atomic E-state index is 12.1. The first-order valence-corrected chi connectivity index (χ1v) is 8.04. The molecule has 3 N–H and O–H groups in total. The molecule has 1 atom stereocenters. The lowest BCUT2D eigenvalue weighted by Gasteiger charge is -2.22. The van der Waals surface area contributed by atoms with Crippen LogP contribution in [0.25, 0.3) is 0 Å². The summed E-state index contributed by atoms with van der Waals surface area (Å²) in [5.74, 6) is -1.97. The highest BCUT2D eigenvalue weighted by Crippen LogP contribution is 2.15. The van der Waals surface area contributed by atoms with Gasteiger partial charge in [0.25, 0.3) is 0 Å². The lowest BCUT2D eigenvalue weighted by atomic mass is 10.2. The Labute approximate surface area is 150 Å². The molecule has 0 aliphatic rings. The second kappa shape index (κ2) is 8.77. The third-order valence-corrected chi connectivity index (χ3v) is 3.04. The van der Waals surface area contributed by atoms with Gasteiger partial charge in [-0.05, 0) is 45.4 Å². The predicted octanol–water partition coefficient (Wildman–Crippen LogP) is 3.19. The van der Waals surface area contributed by atoms with Gasteiger partial charge >= 0.3 is 18.2 Å². The third kappa shape index (κ3) is 8.59. The van der Waals surface area contributed by atoms with Gasteiger partial charge in [-0.2, -0.15) is 13.2 Å². The number of nitrogens with one attached hydrogen (secondary N) is 3. The second-order valence-electron chi connectivity index (χ2n) is 6.81. The Balaban J connectivity index is 2.40. The van der Waals surface area contributed by atoms with E-state index >= 15 is 0 Å². The maximum absolute atomic E-state index is 12.1. The monoisotopic (exact) mass is 375 g/mol. The fraction of sp³-hybridized carbons (Fsp3) is 0.529. The smallest absolute Gasteiger partial charge is 0.444 e. The van der Waals surface area contributed by atoms with Crippen molar-refractivity contribution in [3.8, 4) is 0 Å². The molecule has 6 nitrogen and oxygen atoms in total. The normalized spacial score (nSPS) is 12.9. The van der Waals surface area contributed by atoms with Gasteiger partial charge in [-0.25, -0.2) is 4.79 Å². The van der Waals surface area contributed by atoms with Gasteiger partial charge in [-0.15, -0.1) is 0 Å². The molecular weight excluding hydrogens is 351 g/mol. The number of benzene rings is 1. The number of amides is 2. The number of anilines is 1. The summed E-state index contributed by atoms with van der Waals surface area (Å²) in [6.07, 6.45) is -5.40. The number of halogens is 3. The van der Waals surface area contributed by atoms with Crippen LogP contribution in [0.5, 0.6) is 0 Å². The molecular formula is C17H24F3N3O3. The highest BCUT2D eigenvalue weighted by Gasteiger charge is 2.38. The van der Waals surface area contributed by atoms with E-state index < -0.39 is 23.8 Å². The maximum Gasteiger partial charge on any atom is 0.471 e. The van der Waals surface area contributed by atoms with Crippen LogP contribution in [0, 0.1) is 0 Å². The summed E-state index contributed by atoms with van der Waals surface area (Å²) < 4.78 is 41.5. The largest absolute Gasteiger partial charge is 0.471 e. The van der Waals surface area contributed by atoms with E-state index in [1.54, 1.807) is 57.3 Å². The number of alkyl carbamates (subject to hydrolysis) is 1. The van der Waals surface area contributed by atoms with Crippen molar-refractivity contribution in [2.45, 2.75) is 52.1 Å². The van der Waals surface area contributed by atoms with E-state index in [-0.39, 0.29) is 12.6 Å². The number of rotatable bonds is 6. The summed E-state index contributed by atoms with van der Waals surface area (Å²) in [5, 5.41) is 7.58. The van der Waals surface area contributed by atoms with Crippen molar-refractivity contribution in [1.29, 1.82) is 0 Å². The first kappa shape index (κ1) is 21.6. The van der Waals surface area contributed by atoms with Crippen LogP contribution in [0.4, 0.5) is 23.7 Å². The SMILES string of the molecule is CC(CNc1ccc(CNC(=O)C(F)(F)F)cc1)NC(=O)OC(C)(C)C. The Morgan fingerprint density at radius 3 is 2.19 bits per heavy atom. The molecule has 0 saturated carbocycles.